The minimum Gasteiger partial charge on any atom is -0.471 e. The van der Waals surface area contributed by atoms with Gasteiger partial charge in [0.25, 0.3) is 0 Å². The molecule has 1 saturated carbocycles. The number of nitrogens with one attached hydrogen (secondary N) is 3. The van der Waals surface area contributed by atoms with Crippen LogP contribution in [0.3, 0.4) is 0 Å². The molecule has 0 spiro atoms. The molecule has 2 aromatic heterocycles. The van der Waals surface area contributed by atoms with E-state index in [0.29, 0.717) is 29.0 Å². The number of aryl methyl sites for hydroxylation is 1. The number of H-pyrrole nitrogens is 1. The summed E-state index contributed by atoms with van der Waals surface area (Å²) in [5.74, 6) is 0.114. The summed E-state index contributed by atoms with van der Waals surface area (Å²) < 4.78 is 23.8. The van der Waals surface area contributed by atoms with Gasteiger partial charge < -0.3 is 25.3 Å². The molecule has 5 aliphatic rings. The number of halogens is 1. The maximum absolute atomic E-state index is 17.2. The van der Waals surface area contributed by atoms with Gasteiger partial charge in [0.15, 0.2) is 5.82 Å². The zero-order chi connectivity index (χ0) is 30.1. The molecule has 226 valence electrons. The Kier molecular flexibility index (Phi) is 6.50. The standard InChI is InChI=1S/C34H36FN7O2/c1-18(26-10-6-12-41(26)2)44-34-31-33(42(17-27(43)39-31)32-20-14-25(32)37-15-20)22-13-19(7-5-11-36)28(29(35)30(22)40-34)23-16-38-24-9-4-3-8-21(23)24/h3-4,8-9,13,16,18,20,25-26,32,37-38H,5-7,10,12,14-15,17H2,1-2H3,(H,39,43)/t18-,20?,25?,26-,32?/m0/s1. The molecule has 9 rings (SSSR count). The number of benzene rings is 2. The molecular weight excluding hydrogens is 557 g/mol. The van der Waals surface area contributed by atoms with Crippen molar-refractivity contribution >= 4 is 39.1 Å². The summed E-state index contributed by atoms with van der Waals surface area (Å²) in [6.45, 7) is 4.12. The number of hydrogen-bond acceptors (Lipinski definition) is 7. The normalized spacial score (nSPS) is 25.1. The molecule has 44 heavy (non-hydrogen) atoms. The molecule has 2 aromatic carbocycles. The first-order chi connectivity index (χ1) is 21.4. The number of para-hydroxylation sites is 1. The zero-order valence-corrected chi connectivity index (χ0v) is 25.0. The Hall–Kier alpha value is -4.20. The molecule has 5 atom stereocenters. The molecule has 3 saturated heterocycles. The maximum Gasteiger partial charge on any atom is 0.244 e. The highest BCUT2D eigenvalue weighted by atomic mass is 19.1. The van der Waals surface area contributed by atoms with Gasteiger partial charge in [0.1, 0.15) is 17.3 Å². The topological polar surface area (TPSA) is 109 Å². The van der Waals surface area contributed by atoms with Gasteiger partial charge in [-0.05, 0) is 69.8 Å². The number of hydrogen-bond donors (Lipinski definition) is 3. The van der Waals surface area contributed by atoms with Crippen molar-refractivity contribution in [2.45, 2.75) is 63.3 Å². The number of amides is 1. The van der Waals surface area contributed by atoms with Crippen molar-refractivity contribution < 1.29 is 13.9 Å². The van der Waals surface area contributed by atoms with Crippen molar-refractivity contribution in [1.82, 2.24) is 20.2 Å². The third-order valence-electron chi connectivity index (χ3n) is 10.3. The monoisotopic (exact) mass is 593 g/mol. The van der Waals surface area contributed by atoms with Gasteiger partial charge in [0.2, 0.25) is 11.8 Å². The number of fused-ring (bicyclic) bond motifs is 5. The van der Waals surface area contributed by atoms with Crippen LogP contribution in [0.5, 0.6) is 5.88 Å². The largest absolute Gasteiger partial charge is 0.471 e. The number of aromatic nitrogens is 2. The summed E-state index contributed by atoms with van der Waals surface area (Å²) in [5, 5.41) is 17.7. The Labute approximate surface area is 255 Å². The molecule has 1 aliphatic carbocycles. The average Bonchev–Trinajstić information content (AvgIpc) is 3.82. The third kappa shape index (κ3) is 4.17. The van der Waals surface area contributed by atoms with Crippen molar-refractivity contribution in [3.8, 4) is 23.1 Å². The summed E-state index contributed by atoms with van der Waals surface area (Å²) in [6.07, 6.45) is 5.43. The number of ether oxygens (including phenoxy) is 1. The van der Waals surface area contributed by atoms with Crippen LogP contribution >= 0.6 is 0 Å². The molecule has 4 fully saturated rings. The summed E-state index contributed by atoms with van der Waals surface area (Å²) in [5.41, 5.74) is 4.33. The van der Waals surface area contributed by atoms with E-state index in [1.54, 1.807) is 0 Å². The first-order valence-corrected chi connectivity index (χ1v) is 15.7. The van der Waals surface area contributed by atoms with E-state index >= 15 is 4.39 Å². The number of likely N-dealkylation sites (tertiary alicyclic amines) is 1. The van der Waals surface area contributed by atoms with Gasteiger partial charge in [-0.15, -0.1) is 0 Å². The number of nitrogens with zero attached hydrogens (tertiary/aromatic N) is 4. The van der Waals surface area contributed by atoms with Crippen molar-refractivity contribution in [3.05, 3.63) is 47.9 Å². The maximum atomic E-state index is 17.2. The Morgan fingerprint density at radius 1 is 1.27 bits per heavy atom. The lowest BCUT2D eigenvalue weighted by Gasteiger charge is -2.47. The minimum absolute atomic E-state index is 0.124. The number of nitriles is 1. The van der Waals surface area contributed by atoms with Crippen molar-refractivity contribution in [2.75, 3.05) is 36.9 Å². The van der Waals surface area contributed by atoms with Gasteiger partial charge in [-0.3, -0.25) is 9.69 Å². The van der Waals surface area contributed by atoms with Crippen LogP contribution in [0.25, 0.3) is 32.9 Å². The summed E-state index contributed by atoms with van der Waals surface area (Å²) in [4.78, 5) is 25.8. The molecule has 9 nitrogen and oxygen atoms in total. The first-order valence-electron chi connectivity index (χ1n) is 15.7. The van der Waals surface area contributed by atoms with E-state index in [9.17, 15) is 10.1 Å². The molecule has 3 unspecified atom stereocenters. The molecule has 1 amide bonds. The van der Waals surface area contributed by atoms with Gasteiger partial charge in [-0.1, -0.05) is 18.2 Å². The fraction of sp³-hybridized carbons (Fsp3) is 0.441. The van der Waals surface area contributed by atoms with Gasteiger partial charge in [-0.25, -0.2) is 9.37 Å². The van der Waals surface area contributed by atoms with Crippen LogP contribution in [0, 0.1) is 23.1 Å². The van der Waals surface area contributed by atoms with Crippen LogP contribution in [0.15, 0.2) is 36.5 Å². The number of carbonyl (C=O) groups is 1. The Morgan fingerprint density at radius 2 is 2.14 bits per heavy atom. The number of anilines is 2. The first kappa shape index (κ1) is 27.4. The zero-order valence-electron chi connectivity index (χ0n) is 25.0. The van der Waals surface area contributed by atoms with Crippen LogP contribution in [0.2, 0.25) is 0 Å². The van der Waals surface area contributed by atoms with E-state index in [0.717, 1.165) is 60.1 Å². The minimum atomic E-state index is -0.440. The lowest BCUT2D eigenvalue weighted by atomic mass is 9.78. The van der Waals surface area contributed by atoms with Crippen LogP contribution in [-0.2, 0) is 11.2 Å². The van der Waals surface area contributed by atoms with Crippen LogP contribution in [0.4, 0.5) is 15.8 Å². The van der Waals surface area contributed by atoms with Crippen molar-refractivity contribution in [3.63, 3.8) is 0 Å². The molecule has 2 bridgehead atoms. The molecule has 4 aromatic rings. The summed E-state index contributed by atoms with van der Waals surface area (Å²) >= 11 is 0. The predicted molar refractivity (Wildman–Crippen MR) is 168 cm³/mol. The lowest BCUT2D eigenvalue weighted by molar-refractivity contribution is -0.115. The molecule has 6 heterocycles. The average molecular weight is 594 g/mol. The number of rotatable bonds is 7. The van der Waals surface area contributed by atoms with Crippen LogP contribution in [0.1, 0.15) is 38.2 Å². The number of aromatic amines is 1. The second-order valence-corrected chi connectivity index (χ2v) is 12.9. The third-order valence-corrected chi connectivity index (χ3v) is 10.3. The van der Waals surface area contributed by atoms with Crippen LogP contribution in [-0.4, -0.2) is 71.7 Å². The SMILES string of the molecule is C[C@H](Oc1nc2c(F)c(-c3c[nH]c4ccccc34)c(CCC#N)cc2c2c1NC(=O)CN2C1C2CNC1C2)[C@@H]1CCCN1C. The number of pyridine rings is 1. The van der Waals surface area contributed by atoms with Crippen molar-refractivity contribution in [1.29, 1.82) is 5.26 Å². The second-order valence-electron chi connectivity index (χ2n) is 12.9. The fourth-order valence-electron chi connectivity index (χ4n) is 8.20. The lowest BCUT2D eigenvalue weighted by Crippen LogP contribution is -2.58. The quantitative estimate of drug-likeness (QED) is 0.278. The van der Waals surface area contributed by atoms with E-state index in [1.807, 2.05) is 43.5 Å². The highest BCUT2D eigenvalue weighted by molar-refractivity contribution is 6.12. The molecule has 0 radical (unpaired) electrons. The van der Waals surface area contributed by atoms with Gasteiger partial charge in [0.05, 0.1) is 18.3 Å². The Balaban J connectivity index is 1.37. The van der Waals surface area contributed by atoms with E-state index in [1.165, 1.54) is 0 Å². The Bertz CT molecular complexity index is 1830. The smallest absolute Gasteiger partial charge is 0.244 e. The fourth-order valence-corrected chi connectivity index (χ4v) is 8.20. The van der Waals surface area contributed by atoms with E-state index in [-0.39, 0.29) is 54.5 Å². The number of likely N-dealkylation sites (N-methyl/N-ethyl adjacent to an activating group) is 1. The highest BCUT2D eigenvalue weighted by Crippen LogP contribution is 2.50. The molecular formula is C34H36FN7O2. The van der Waals surface area contributed by atoms with E-state index in [2.05, 4.69) is 38.5 Å². The van der Waals surface area contributed by atoms with Crippen molar-refractivity contribution in [2.24, 2.45) is 5.92 Å². The van der Waals surface area contributed by atoms with E-state index in [4.69, 9.17) is 9.72 Å². The van der Waals surface area contributed by atoms with Gasteiger partial charge in [0, 0.05) is 64.7 Å². The molecule has 10 heteroatoms. The number of carbonyl (C=O) groups excluding carboxylic acids is 1. The predicted octanol–water partition coefficient (Wildman–Crippen LogP) is 4.96. The van der Waals surface area contributed by atoms with Gasteiger partial charge in [-0.2, -0.15) is 5.26 Å². The van der Waals surface area contributed by atoms with E-state index < -0.39 is 5.82 Å². The van der Waals surface area contributed by atoms with Gasteiger partial charge >= 0.3 is 0 Å². The summed E-state index contributed by atoms with van der Waals surface area (Å²) in [7, 11) is 2.10. The second kappa shape index (κ2) is 10.5. The highest BCUT2D eigenvalue weighted by Gasteiger charge is 2.52. The Morgan fingerprint density at radius 3 is 2.89 bits per heavy atom. The molecule has 4 aliphatic heterocycles. The van der Waals surface area contributed by atoms with Crippen LogP contribution < -0.4 is 20.3 Å². The summed E-state index contributed by atoms with van der Waals surface area (Å²) in [6, 6.07) is 12.7. The molecule has 3 N–H and O–H groups in total.